The predicted molar refractivity (Wildman–Crippen MR) is 342 cm³/mol. The molecule has 0 spiro atoms. The monoisotopic (exact) mass is 1350 g/mol. The Balaban J connectivity index is 0.000000172. The molecule has 0 aliphatic carbocycles. The van der Waals surface area contributed by atoms with E-state index in [0.717, 1.165) is 68.7 Å². The summed E-state index contributed by atoms with van der Waals surface area (Å²) in [5.74, 6) is -0.731. The lowest BCUT2D eigenvalue weighted by Gasteiger charge is -2.34. The summed E-state index contributed by atoms with van der Waals surface area (Å²) < 4.78 is 52.8. The predicted octanol–water partition coefficient (Wildman–Crippen LogP) is 7.56. The molecule has 2 saturated heterocycles. The average Bonchev–Trinajstić information content (AvgIpc) is 1.60. The number of piperidine rings is 2. The Morgan fingerprint density at radius 3 is 1.81 bits per heavy atom. The number of aliphatic hydroxyl groups is 2. The fourth-order valence-corrected chi connectivity index (χ4v) is 11.7. The SMILES string of the molecule is CN1CCC(N2C(=O)c3cc4nc(-c5c(Cl)cc[nH]c5=O)[nH]c4cc3C2=O)CC1.COc1ccc(OC[C@H](O)CN)c(Cl)c1.COc1ccc(OC[C@H](O)CNc2cc[nH]c(=O)c2C2=Nc3cc4c(cc3C2)CN(C2CCN(C)CC2)C4=O)c(Cl)c1.O=C(O)C(F)(F)F. The topological polar surface area (TPSA) is 324 Å². The first kappa shape index (κ1) is 68.8. The van der Waals surface area contributed by atoms with Crippen molar-refractivity contribution in [2.75, 3.05) is 86.1 Å². The molecule has 30 heteroatoms. The number of ether oxygens (including phenoxy) is 4. The number of halogens is 6. The van der Waals surface area contributed by atoms with E-state index >= 15 is 0 Å². The number of carboxylic acid groups (broad SMARTS) is 1. The van der Waals surface area contributed by atoms with Crippen LogP contribution >= 0.6 is 34.8 Å². The number of nitrogens with one attached hydrogen (secondary N) is 4. The first-order chi connectivity index (χ1) is 44.3. The number of alkyl halides is 3. The van der Waals surface area contributed by atoms with Gasteiger partial charge in [0.2, 0.25) is 0 Å². The number of rotatable bonds is 16. The lowest BCUT2D eigenvalue weighted by molar-refractivity contribution is -0.192. The number of methoxy groups -OCH3 is 2. The number of aliphatic imine (C=N–C) groups is 1. The van der Waals surface area contributed by atoms with Gasteiger partial charge in [-0.3, -0.25) is 33.9 Å². The van der Waals surface area contributed by atoms with E-state index in [1.807, 2.05) is 18.0 Å². The third kappa shape index (κ3) is 16.3. The Kier molecular flexibility index (Phi) is 22.2. The third-order valence-corrected chi connectivity index (χ3v) is 16.9. The number of benzene rings is 4. The number of nitrogens with two attached hydrogens (primary N) is 1. The Morgan fingerprint density at radius 1 is 0.710 bits per heavy atom. The number of imidazole rings is 1. The summed E-state index contributed by atoms with van der Waals surface area (Å²) in [5.41, 5.74) is 11.7. The van der Waals surface area contributed by atoms with E-state index in [9.17, 15) is 47.4 Å². The standard InChI is InChI=1S/C31H34ClN5O5.C20H18ClN5O3.C10H14ClNO3.C2HF3O2/c1-36-9-6-20(7-10-36)37-16-19-11-18-12-27(35-26(18)14-23(19)31(37)40)29-25(5-8-33-30(29)39)34-15-21(38)17-42-28-4-3-22(41-2)13-24(28)32;1-25-6-3-10(4-7-25)26-19(28)11-8-14-15(9-12(11)20(26)29)24-17(23-14)16-13(21)2-5-22-18(16)27;1-14-8-2-3-10(9(11)4-8)15-6-7(13)5-12;3-2(4,5)1(6)7/h3-5,8,11,13-14,20-21,38H,6-7,9-10,12,15-17H2,1-2H3,(H2,33,34,39);2,5,8-10H,3-4,6-7H2,1H3,(H,22,27)(H,23,24);2-4,7,13H,5-6,12H2,1H3;(H,6,7)/t21-;;7-;/m1.1./s1. The first-order valence-electron chi connectivity index (χ1n) is 29.3. The van der Waals surface area contributed by atoms with Gasteiger partial charge in [-0.25, -0.2) is 9.78 Å². The number of likely N-dealkylation sites (tertiary alicyclic amines) is 2. The van der Waals surface area contributed by atoms with Crippen molar-refractivity contribution >= 4 is 86.6 Å². The number of carbonyl (C=O) groups is 4. The van der Waals surface area contributed by atoms with Gasteiger partial charge in [0.25, 0.3) is 28.8 Å². The minimum atomic E-state index is -5.08. The van der Waals surface area contributed by atoms with Crippen LogP contribution in [0.1, 0.15) is 73.4 Å². The van der Waals surface area contributed by atoms with Crippen molar-refractivity contribution in [2.24, 2.45) is 10.7 Å². The second kappa shape index (κ2) is 30.0. The largest absolute Gasteiger partial charge is 0.497 e. The van der Waals surface area contributed by atoms with E-state index in [1.54, 1.807) is 81.1 Å². The van der Waals surface area contributed by atoms with E-state index in [0.29, 0.717) is 96.5 Å². The lowest BCUT2D eigenvalue weighted by Crippen LogP contribution is -2.46. The van der Waals surface area contributed by atoms with Gasteiger partial charge in [0.1, 0.15) is 59.8 Å². The molecular weight excluding hydrogens is 1280 g/mol. The van der Waals surface area contributed by atoms with Gasteiger partial charge >= 0.3 is 12.1 Å². The average molecular weight is 1350 g/mol. The van der Waals surface area contributed by atoms with Crippen LogP contribution in [0.15, 0.2) is 99.8 Å². The maximum atomic E-state index is 13.3. The molecule has 3 amide bonds. The Bertz CT molecular complexity index is 4020. The number of imide groups is 1. The van der Waals surface area contributed by atoms with Crippen LogP contribution in [0.4, 0.5) is 24.5 Å². The van der Waals surface area contributed by atoms with E-state index in [2.05, 4.69) is 48.2 Å². The zero-order chi connectivity index (χ0) is 67.0. The Labute approximate surface area is 545 Å². The zero-order valence-corrected chi connectivity index (χ0v) is 53.0. The summed E-state index contributed by atoms with van der Waals surface area (Å²) in [6.07, 6.45) is 0.385. The number of hydrogen-bond donors (Lipinski definition) is 8. The Hall–Kier alpha value is -8.54. The molecular formula is C63H67Cl3F3N11O13. The highest BCUT2D eigenvalue weighted by Crippen LogP contribution is 2.39. The van der Waals surface area contributed by atoms with Crippen LogP contribution in [-0.4, -0.2) is 196 Å². The van der Waals surface area contributed by atoms with E-state index in [4.69, 9.17) is 74.4 Å². The number of nitrogens with zero attached hydrogens (tertiary/aromatic N) is 6. The molecule has 2 atom stereocenters. The highest BCUT2D eigenvalue weighted by molar-refractivity contribution is 6.33. The number of aromatic amines is 3. The number of aliphatic carboxylic acids is 1. The van der Waals surface area contributed by atoms with Crippen LogP contribution in [-0.2, 0) is 17.8 Å². The molecule has 5 aliphatic heterocycles. The molecule has 24 nitrogen and oxygen atoms in total. The minimum Gasteiger partial charge on any atom is -0.497 e. The van der Waals surface area contributed by atoms with Gasteiger partial charge in [0.15, 0.2) is 0 Å². The number of fused-ring (bicyclic) bond motifs is 4. The minimum absolute atomic E-state index is 0.00187. The molecule has 0 radical (unpaired) electrons. The summed E-state index contributed by atoms with van der Waals surface area (Å²) in [5, 5.41) is 31.2. The fourth-order valence-electron chi connectivity index (χ4n) is 11.0. The summed E-state index contributed by atoms with van der Waals surface area (Å²) >= 11 is 18.3. The summed E-state index contributed by atoms with van der Waals surface area (Å²) in [6.45, 7) is 4.75. The van der Waals surface area contributed by atoms with Crippen LogP contribution in [0.25, 0.3) is 22.4 Å². The second-order valence-electron chi connectivity index (χ2n) is 22.4. The quantitative estimate of drug-likeness (QED) is 0.0433. The van der Waals surface area contributed by atoms with Crippen molar-refractivity contribution in [1.82, 2.24) is 39.5 Å². The van der Waals surface area contributed by atoms with Crippen LogP contribution in [0.2, 0.25) is 15.1 Å². The van der Waals surface area contributed by atoms with Gasteiger partial charge in [-0.1, -0.05) is 40.9 Å². The van der Waals surface area contributed by atoms with E-state index < -0.39 is 24.4 Å². The lowest BCUT2D eigenvalue weighted by atomic mass is 10.00. The van der Waals surface area contributed by atoms with E-state index in [-0.39, 0.29) is 77.8 Å². The molecule has 7 aromatic rings. The van der Waals surface area contributed by atoms with Crippen molar-refractivity contribution in [3.05, 3.63) is 154 Å². The number of carboxylic acids is 1. The summed E-state index contributed by atoms with van der Waals surface area (Å²) in [7, 11) is 7.27. The van der Waals surface area contributed by atoms with Crippen molar-refractivity contribution in [3.63, 3.8) is 0 Å². The molecule has 3 aromatic heterocycles. The summed E-state index contributed by atoms with van der Waals surface area (Å²) in [4.78, 5) is 98.8. The number of amides is 3. The number of anilines is 1. The number of aromatic nitrogens is 4. The van der Waals surface area contributed by atoms with Gasteiger partial charge in [-0.2, -0.15) is 13.2 Å². The highest BCUT2D eigenvalue weighted by Gasteiger charge is 2.42. The number of hydrogen-bond acceptors (Lipinski definition) is 18. The number of H-pyrrole nitrogens is 3. The molecule has 494 valence electrons. The molecule has 0 saturated carbocycles. The molecule has 9 N–H and O–H groups in total. The molecule has 4 aromatic carbocycles. The highest BCUT2D eigenvalue weighted by atomic mass is 35.5. The molecule has 12 rings (SSSR count). The van der Waals surface area contributed by atoms with Gasteiger partial charge in [-0.05, 0) is 132 Å². The smallest absolute Gasteiger partial charge is 0.490 e. The second-order valence-corrected chi connectivity index (χ2v) is 23.6. The maximum Gasteiger partial charge on any atom is 0.490 e. The molecule has 93 heavy (non-hydrogen) atoms. The van der Waals surface area contributed by atoms with Gasteiger partial charge in [-0.15, -0.1) is 0 Å². The van der Waals surface area contributed by atoms with E-state index in [1.165, 1.54) is 11.1 Å². The number of carbonyl (C=O) groups excluding carboxylic acids is 3. The van der Waals surface area contributed by atoms with Crippen LogP contribution in [0, 0.1) is 0 Å². The van der Waals surface area contributed by atoms with Crippen LogP contribution in [0.3, 0.4) is 0 Å². The molecule has 2 fully saturated rings. The van der Waals surface area contributed by atoms with Crippen molar-refractivity contribution in [3.8, 4) is 34.4 Å². The normalized spacial score (nSPS) is 16.4. The van der Waals surface area contributed by atoms with Crippen molar-refractivity contribution in [1.29, 1.82) is 0 Å². The first-order valence-corrected chi connectivity index (χ1v) is 30.4. The van der Waals surface area contributed by atoms with Gasteiger partial charge in [0, 0.05) is 68.2 Å². The van der Waals surface area contributed by atoms with Gasteiger partial charge < -0.3 is 75.0 Å². The van der Waals surface area contributed by atoms with Gasteiger partial charge in [0.05, 0.1) is 74.1 Å². The number of aliphatic hydroxyl groups excluding tert-OH is 2. The third-order valence-electron chi connectivity index (χ3n) is 16.0. The molecule has 0 bridgehead atoms. The Morgan fingerprint density at radius 2 is 1.26 bits per heavy atom. The molecule has 8 heterocycles. The number of pyridine rings is 2. The van der Waals surface area contributed by atoms with Crippen molar-refractivity contribution < 1.29 is 66.6 Å². The van der Waals surface area contributed by atoms with Crippen molar-refractivity contribution in [2.45, 2.75) is 69.1 Å². The molecule has 5 aliphatic rings. The zero-order valence-electron chi connectivity index (χ0n) is 50.7. The maximum absolute atomic E-state index is 13.3. The van der Waals surface area contributed by atoms with Crippen LogP contribution in [0.5, 0.6) is 23.0 Å². The fraction of sp³-hybridized carbons (Fsp3) is 0.365. The summed E-state index contributed by atoms with van der Waals surface area (Å²) in [6, 6.07) is 20.8. The molecule has 0 unspecified atom stereocenters. The van der Waals surface area contributed by atoms with Crippen LogP contribution < -0.4 is 41.1 Å².